The number of oxime groups is 1. The van der Waals surface area contributed by atoms with Gasteiger partial charge in [-0.15, -0.1) is 14.3 Å². The van der Waals surface area contributed by atoms with Crippen molar-refractivity contribution in [3.63, 3.8) is 0 Å². The predicted molar refractivity (Wildman–Crippen MR) is 103 cm³/mol. The Morgan fingerprint density at radius 3 is 2.60 bits per heavy atom. The smallest absolute Gasteiger partial charge is 0.433 e. The van der Waals surface area contributed by atoms with Gasteiger partial charge in [-0.3, -0.25) is 0 Å². The fourth-order valence-corrected chi connectivity index (χ4v) is 2.85. The number of methoxy groups -OCH3 is 1. The molecule has 0 spiro atoms. The van der Waals surface area contributed by atoms with Crippen LogP contribution in [-0.4, -0.2) is 22.1 Å². The fourth-order valence-electron chi connectivity index (χ4n) is 2.85. The lowest BCUT2D eigenvalue weighted by atomic mass is 10.1. The highest BCUT2D eigenvalue weighted by atomic mass is 19.4. The summed E-state index contributed by atoms with van der Waals surface area (Å²) in [5.74, 6) is 0. The predicted octanol–water partition coefficient (Wildman–Crippen LogP) is 2.96. The Labute approximate surface area is 170 Å². The topological polar surface area (TPSA) is 71.9 Å². The number of H-pyrrole nitrogens is 1. The number of benzene rings is 2. The van der Waals surface area contributed by atoms with Crippen molar-refractivity contribution in [2.45, 2.75) is 19.7 Å². The highest BCUT2D eigenvalue weighted by molar-refractivity contribution is 5.98. The van der Waals surface area contributed by atoms with Gasteiger partial charge in [0.2, 0.25) is 0 Å². The molecule has 0 bridgehead atoms. The van der Waals surface area contributed by atoms with Gasteiger partial charge >= 0.3 is 17.9 Å². The normalized spacial score (nSPS) is 12.1. The van der Waals surface area contributed by atoms with Crippen molar-refractivity contribution in [2.75, 3.05) is 7.11 Å². The van der Waals surface area contributed by atoms with E-state index in [1.54, 1.807) is 38.2 Å². The summed E-state index contributed by atoms with van der Waals surface area (Å²) >= 11 is 0. The molecule has 3 rings (SSSR count). The largest absolute Gasteiger partial charge is 0.482 e. The van der Waals surface area contributed by atoms with Gasteiger partial charge in [0.1, 0.15) is 12.3 Å². The van der Waals surface area contributed by atoms with Gasteiger partial charge in [0.15, 0.2) is 0 Å². The number of halogens is 3. The van der Waals surface area contributed by atoms with Crippen LogP contribution in [0.2, 0.25) is 0 Å². The van der Waals surface area contributed by atoms with Crippen LogP contribution in [0.5, 0.6) is 6.01 Å². The Hall–Kier alpha value is -3.56. The van der Waals surface area contributed by atoms with E-state index >= 15 is 0 Å². The van der Waals surface area contributed by atoms with Crippen molar-refractivity contribution in [1.82, 2.24) is 9.25 Å². The molecule has 0 radical (unpaired) electrons. The molecule has 0 amide bonds. The van der Waals surface area contributed by atoms with Gasteiger partial charge in [-0.05, 0) is 30.7 Å². The van der Waals surface area contributed by atoms with Gasteiger partial charge in [0, 0.05) is 5.56 Å². The van der Waals surface area contributed by atoms with E-state index in [0.29, 0.717) is 22.5 Å². The molecule has 0 saturated carbocycles. The summed E-state index contributed by atoms with van der Waals surface area (Å²) in [6, 6.07) is 12.1. The Balaban J connectivity index is 1.84. The number of aromatic amines is 1. The summed E-state index contributed by atoms with van der Waals surface area (Å²) in [7, 11) is 2.99. The van der Waals surface area contributed by atoms with Crippen molar-refractivity contribution >= 4 is 5.71 Å². The lowest BCUT2D eigenvalue weighted by Crippen LogP contribution is -2.26. The van der Waals surface area contributed by atoms with Gasteiger partial charge in [0.25, 0.3) is 0 Å². The molecule has 158 valence electrons. The number of alkyl halides is 3. The molecular formula is C20H20F3N4O3+. The lowest BCUT2D eigenvalue weighted by Gasteiger charge is -2.09. The minimum Gasteiger partial charge on any atom is -0.433 e. The lowest BCUT2D eigenvalue weighted by molar-refractivity contribution is -0.497. The van der Waals surface area contributed by atoms with Crippen LogP contribution in [0.15, 0.2) is 58.5 Å². The Bertz CT molecular complexity index is 1130. The average molecular weight is 421 g/mol. The van der Waals surface area contributed by atoms with Gasteiger partial charge in [-0.2, -0.15) is 13.2 Å². The maximum absolute atomic E-state index is 12.9. The first kappa shape index (κ1) is 21.2. The second-order valence-electron chi connectivity index (χ2n) is 6.46. The molecule has 7 nitrogen and oxygen atoms in total. The summed E-state index contributed by atoms with van der Waals surface area (Å²) in [5.41, 5.74) is 0.658. The van der Waals surface area contributed by atoms with Crippen LogP contribution in [0, 0.1) is 0 Å². The molecule has 10 heteroatoms. The first-order valence-corrected chi connectivity index (χ1v) is 8.90. The summed E-state index contributed by atoms with van der Waals surface area (Å²) in [4.78, 5) is 17.8. The number of ether oxygens (including phenoxy) is 1. The number of nitrogens with zero attached hydrogens (tertiary/aromatic N) is 3. The van der Waals surface area contributed by atoms with E-state index < -0.39 is 11.7 Å². The maximum atomic E-state index is 12.9. The Morgan fingerprint density at radius 2 is 1.90 bits per heavy atom. The highest BCUT2D eigenvalue weighted by Crippen LogP contribution is 2.29. The van der Waals surface area contributed by atoms with Crippen LogP contribution in [0.3, 0.4) is 0 Å². The van der Waals surface area contributed by atoms with E-state index in [-0.39, 0.29) is 18.3 Å². The second kappa shape index (κ2) is 8.44. The van der Waals surface area contributed by atoms with Crippen LogP contribution in [0.25, 0.3) is 5.69 Å². The zero-order valence-corrected chi connectivity index (χ0v) is 16.5. The number of aromatic nitrogens is 3. The van der Waals surface area contributed by atoms with Crippen molar-refractivity contribution in [3.05, 3.63) is 75.7 Å². The van der Waals surface area contributed by atoms with Crippen LogP contribution in [0.4, 0.5) is 13.2 Å². The van der Waals surface area contributed by atoms with Gasteiger partial charge in [-0.25, -0.2) is 4.79 Å². The number of hydrogen-bond donors (Lipinski definition) is 0. The van der Waals surface area contributed by atoms with Gasteiger partial charge in [-0.1, -0.05) is 35.5 Å². The quantitative estimate of drug-likeness (QED) is 0.454. The zero-order chi connectivity index (χ0) is 21.9. The van der Waals surface area contributed by atoms with Crippen LogP contribution < -0.4 is 15.5 Å². The summed E-state index contributed by atoms with van der Waals surface area (Å²) in [5, 5.41) is 6.72. The van der Waals surface area contributed by atoms with Crippen molar-refractivity contribution in [1.29, 1.82) is 0 Å². The monoisotopic (exact) mass is 421 g/mol. The number of aryl methyl sites for hydroxylation is 1. The van der Waals surface area contributed by atoms with Crippen LogP contribution in [-0.2, 0) is 24.7 Å². The molecule has 0 atom stereocenters. The van der Waals surface area contributed by atoms with Crippen molar-refractivity contribution in [3.8, 4) is 11.7 Å². The van der Waals surface area contributed by atoms with E-state index in [9.17, 15) is 18.0 Å². The first-order valence-electron chi connectivity index (χ1n) is 8.90. The molecule has 0 aliphatic rings. The first-order chi connectivity index (χ1) is 14.2. The molecule has 0 aliphatic heterocycles. The van der Waals surface area contributed by atoms with Crippen molar-refractivity contribution in [2.24, 2.45) is 12.2 Å². The van der Waals surface area contributed by atoms with Crippen LogP contribution in [0.1, 0.15) is 23.6 Å². The third kappa shape index (κ3) is 4.37. The van der Waals surface area contributed by atoms with E-state index in [1.807, 2.05) is 0 Å². The third-order valence-electron chi connectivity index (χ3n) is 4.40. The molecule has 1 aromatic heterocycles. The van der Waals surface area contributed by atoms with E-state index in [2.05, 4.69) is 10.3 Å². The SMILES string of the molecule is COc1[nH+]n(C)c(=O)n1-c1ccccc1CO/N=C(\C)c1cccc(C(F)(F)F)c1. The van der Waals surface area contributed by atoms with Gasteiger partial charge in [0.05, 0.1) is 25.4 Å². The number of nitrogens with one attached hydrogen (secondary N) is 1. The van der Waals surface area contributed by atoms with Crippen molar-refractivity contribution < 1.29 is 27.8 Å². The molecule has 3 aromatic rings. The summed E-state index contributed by atoms with van der Waals surface area (Å²) in [6.45, 7) is 1.55. The third-order valence-corrected chi connectivity index (χ3v) is 4.40. The zero-order valence-electron chi connectivity index (χ0n) is 16.5. The van der Waals surface area contributed by atoms with E-state index in [0.717, 1.165) is 12.1 Å². The molecule has 1 heterocycles. The van der Waals surface area contributed by atoms with Gasteiger partial charge < -0.3 is 9.57 Å². The highest BCUT2D eigenvalue weighted by Gasteiger charge is 2.30. The number of para-hydroxylation sites is 1. The van der Waals surface area contributed by atoms with Crippen LogP contribution >= 0.6 is 0 Å². The minimum absolute atomic E-state index is 0.00301. The Morgan fingerprint density at radius 1 is 1.17 bits per heavy atom. The molecule has 0 fully saturated rings. The average Bonchev–Trinajstić information content (AvgIpc) is 3.01. The summed E-state index contributed by atoms with van der Waals surface area (Å²) in [6.07, 6.45) is -4.44. The number of hydrogen-bond acceptors (Lipinski definition) is 4. The Kier molecular flexibility index (Phi) is 5.95. The fraction of sp³-hybridized carbons (Fsp3) is 0.250. The molecule has 0 saturated heterocycles. The molecule has 0 aliphatic carbocycles. The number of rotatable bonds is 6. The molecule has 2 aromatic carbocycles. The van der Waals surface area contributed by atoms with E-state index in [1.165, 1.54) is 28.5 Å². The standard InChI is InChI=1S/C20H19F3N4O3/c1-13(14-8-6-9-16(11-14)20(21,22)23)25-30-12-15-7-4-5-10-17(15)27-18(29-3)24-26(2)19(27)28/h4-11H,12H2,1-3H3/p+1/b25-13+. The maximum Gasteiger partial charge on any atom is 0.482 e. The molecule has 30 heavy (non-hydrogen) atoms. The minimum atomic E-state index is -4.44. The second-order valence-corrected chi connectivity index (χ2v) is 6.46. The molecule has 0 unspecified atom stereocenters. The molecule has 1 N–H and O–H groups in total. The summed E-state index contributed by atoms with van der Waals surface area (Å²) < 4.78 is 46.5. The van der Waals surface area contributed by atoms with E-state index in [4.69, 9.17) is 9.57 Å². The molecular weight excluding hydrogens is 401 g/mol.